The molecule has 0 saturated carbocycles. The van der Waals surface area contributed by atoms with E-state index >= 15 is 0 Å². The zero-order chi connectivity index (χ0) is 15.3. The summed E-state index contributed by atoms with van der Waals surface area (Å²) in [6.45, 7) is 3.37. The molecule has 1 rings (SSSR count). The number of nitrogens with one attached hydrogen (secondary N) is 1. The van der Waals surface area contributed by atoms with E-state index in [9.17, 15) is 19.7 Å². The van der Waals surface area contributed by atoms with Crippen LogP contribution in [0.1, 0.15) is 30.4 Å². The van der Waals surface area contributed by atoms with Gasteiger partial charge < -0.3 is 10.4 Å². The van der Waals surface area contributed by atoms with Crippen LogP contribution in [-0.2, 0) is 9.59 Å². The number of nitro benzene ring substituents is 1. The Kier molecular flexibility index (Phi) is 5.19. The third kappa shape index (κ3) is 4.34. The summed E-state index contributed by atoms with van der Waals surface area (Å²) >= 11 is 0. The van der Waals surface area contributed by atoms with Crippen molar-refractivity contribution in [2.24, 2.45) is 0 Å². The summed E-state index contributed by atoms with van der Waals surface area (Å²) in [4.78, 5) is 32.3. The van der Waals surface area contributed by atoms with Crippen molar-refractivity contribution >= 4 is 23.3 Å². The van der Waals surface area contributed by atoms with Crippen LogP contribution >= 0.6 is 0 Å². The van der Waals surface area contributed by atoms with E-state index in [-0.39, 0.29) is 30.9 Å². The molecule has 1 amide bonds. The Hall–Kier alpha value is -2.44. The molecule has 7 heteroatoms. The monoisotopic (exact) mass is 280 g/mol. The van der Waals surface area contributed by atoms with Crippen molar-refractivity contribution < 1.29 is 19.6 Å². The Morgan fingerprint density at radius 2 is 1.90 bits per heavy atom. The van der Waals surface area contributed by atoms with Crippen molar-refractivity contribution in [3.63, 3.8) is 0 Å². The third-order valence-electron chi connectivity index (χ3n) is 2.81. The molecule has 1 aromatic carbocycles. The van der Waals surface area contributed by atoms with Crippen LogP contribution in [0.2, 0.25) is 0 Å². The molecule has 0 aliphatic heterocycles. The van der Waals surface area contributed by atoms with E-state index in [1.165, 1.54) is 6.07 Å². The lowest BCUT2D eigenvalue weighted by Gasteiger charge is -2.09. The highest BCUT2D eigenvalue weighted by Gasteiger charge is 2.15. The third-order valence-corrected chi connectivity index (χ3v) is 2.81. The SMILES string of the molecule is Cc1cc(C)c([N+](=O)[O-])cc1NC(=O)CCCC(=O)O. The normalized spacial score (nSPS) is 10.1. The van der Waals surface area contributed by atoms with Gasteiger partial charge in [-0.25, -0.2) is 0 Å². The molecule has 20 heavy (non-hydrogen) atoms. The number of nitro groups is 1. The molecule has 0 unspecified atom stereocenters. The first-order chi connectivity index (χ1) is 9.31. The smallest absolute Gasteiger partial charge is 0.303 e. The van der Waals surface area contributed by atoms with Crippen molar-refractivity contribution in [2.75, 3.05) is 5.32 Å². The van der Waals surface area contributed by atoms with Crippen molar-refractivity contribution in [3.05, 3.63) is 33.4 Å². The average Bonchev–Trinajstić information content (AvgIpc) is 2.31. The van der Waals surface area contributed by atoms with Gasteiger partial charge in [0.15, 0.2) is 0 Å². The van der Waals surface area contributed by atoms with Gasteiger partial charge in [-0.3, -0.25) is 19.7 Å². The second-order valence-corrected chi connectivity index (χ2v) is 4.51. The van der Waals surface area contributed by atoms with Crippen LogP contribution < -0.4 is 5.32 Å². The van der Waals surface area contributed by atoms with Gasteiger partial charge in [-0.15, -0.1) is 0 Å². The molecule has 0 saturated heterocycles. The summed E-state index contributed by atoms with van der Waals surface area (Å²) in [6, 6.07) is 2.95. The van der Waals surface area contributed by atoms with E-state index in [2.05, 4.69) is 5.32 Å². The summed E-state index contributed by atoms with van der Waals surface area (Å²) in [7, 11) is 0. The minimum atomic E-state index is -0.958. The van der Waals surface area contributed by atoms with Gasteiger partial charge >= 0.3 is 5.97 Å². The molecule has 2 N–H and O–H groups in total. The molecule has 0 atom stereocenters. The molecule has 7 nitrogen and oxygen atoms in total. The van der Waals surface area contributed by atoms with E-state index in [0.29, 0.717) is 11.3 Å². The number of carboxylic acids is 1. The summed E-state index contributed by atoms with van der Waals surface area (Å²) in [5.74, 6) is -1.31. The van der Waals surface area contributed by atoms with Gasteiger partial charge in [0.25, 0.3) is 5.69 Å². The van der Waals surface area contributed by atoms with Gasteiger partial charge in [-0.05, 0) is 31.9 Å². The molecular formula is C13H16N2O5. The maximum absolute atomic E-state index is 11.6. The van der Waals surface area contributed by atoms with Gasteiger partial charge in [0.05, 0.1) is 10.6 Å². The highest BCUT2D eigenvalue weighted by Crippen LogP contribution is 2.26. The number of hydrogen-bond acceptors (Lipinski definition) is 4. The predicted octanol–water partition coefficient (Wildman–Crippen LogP) is 2.41. The minimum Gasteiger partial charge on any atom is -0.481 e. The number of hydrogen-bond donors (Lipinski definition) is 2. The van der Waals surface area contributed by atoms with Crippen LogP contribution in [0.3, 0.4) is 0 Å². The van der Waals surface area contributed by atoms with Crippen molar-refractivity contribution in [1.29, 1.82) is 0 Å². The number of carboxylic acid groups (broad SMARTS) is 1. The molecule has 0 aliphatic rings. The number of benzene rings is 1. The van der Waals surface area contributed by atoms with E-state index in [1.54, 1.807) is 19.9 Å². The molecule has 0 bridgehead atoms. The number of carbonyl (C=O) groups excluding carboxylic acids is 1. The van der Waals surface area contributed by atoms with Crippen LogP contribution in [-0.4, -0.2) is 21.9 Å². The number of aryl methyl sites for hydroxylation is 2. The quantitative estimate of drug-likeness (QED) is 0.614. The van der Waals surface area contributed by atoms with Crippen LogP contribution in [0.25, 0.3) is 0 Å². The summed E-state index contributed by atoms with van der Waals surface area (Å²) in [5, 5.41) is 21.9. The molecule has 108 valence electrons. The van der Waals surface area contributed by atoms with E-state index in [1.807, 2.05) is 0 Å². The number of amides is 1. The molecule has 0 heterocycles. The maximum atomic E-state index is 11.6. The summed E-state index contributed by atoms with van der Waals surface area (Å²) in [5.41, 5.74) is 1.56. The fourth-order valence-electron chi connectivity index (χ4n) is 1.79. The fourth-order valence-corrected chi connectivity index (χ4v) is 1.79. The van der Waals surface area contributed by atoms with Crippen LogP contribution in [0.5, 0.6) is 0 Å². The Morgan fingerprint density at radius 3 is 2.45 bits per heavy atom. The summed E-state index contributed by atoms with van der Waals surface area (Å²) in [6.07, 6.45) is 0.210. The lowest BCUT2D eigenvalue weighted by atomic mass is 10.1. The van der Waals surface area contributed by atoms with Crippen LogP contribution in [0.15, 0.2) is 12.1 Å². The summed E-state index contributed by atoms with van der Waals surface area (Å²) < 4.78 is 0. The molecule has 0 fully saturated rings. The second kappa shape index (κ2) is 6.65. The zero-order valence-corrected chi connectivity index (χ0v) is 11.3. The molecular weight excluding hydrogens is 264 g/mol. The Morgan fingerprint density at radius 1 is 1.25 bits per heavy atom. The number of carbonyl (C=O) groups is 2. The van der Waals surface area contributed by atoms with Crippen LogP contribution in [0.4, 0.5) is 11.4 Å². The number of anilines is 1. The Balaban J connectivity index is 2.76. The van der Waals surface area contributed by atoms with E-state index in [4.69, 9.17) is 5.11 Å². The van der Waals surface area contributed by atoms with Crippen molar-refractivity contribution in [1.82, 2.24) is 0 Å². The van der Waals surface area contributed by atoms with Crippen LogP contribution in [0, 0.1) is 24.0 Å². The highest BCUT2D eigenvalue weighted by atomic mass is 16.6. The van der Waals surface area contributed by atoms with E-state index in [0.717, 1.165) is 5.56 Å². The first-order valence-electron chi connectivity index (χ1n) is 6.08. The molecule has 1 aromatic rings. The largest absolute Gasteiger partial charge is 0.481 e. The highest BCUT2D eigenvalue weighted by molar-refractivity contribution is 5.92. The standard InChI is InChI=1S/C13H16N2O5/c1-8-6-9(2)11(15(19)20)7-10(8)14-12(16)4-3-5-13(17)18/h6-7H,3-5H2,1-2H3,(H,14,16)(H,17,18). The fraction of sp³-hybridized carbons (Fsp3) is 0.385. The topological polar surface area (TPSA) is 110 Å². The van der Waals surface area contributed by atoms with Gasteiger partial charge in [-0.2, -0.15) is 0 Å². The van der Waals surface area contributed by atoms with Gasteiger partial charge in [0.1, 0.15) is 0 Å². The van der Waals surface area contributed by atoms with Crippen molar-refractivity contribution in [3.8, 4) is 0 Å². The zero-order valence-electron chi connectivity index (χ0n) is 11.3. The second-order valence-electron chi connectivity index (χ2n) is 4.51. The lowest BCUT2D eigenvalue weighted by Crippen LogP contribution is -2.13. The Bertz CT molecular complexity index is 554. The van der Waals surface area contributed by atoms with Gasteiger partial charge in [0.2, 0.25) is 5.91 Å². The molecule has 0 aliphatic carbocycles. The Labute approximate surface area is 115 Å². The lowest BCUT2D eigenvalue weighted by molar-refractivity contribution is -0.385. The molecule has 0 spiro atoms. The predicted molar refractivity (Wildman–Crippen MR) is 72.7 cm³/mol. The number of rotatable bonds is 6. The van der Waals surface area contributed by atoms with E-state index < -0.39 is 10.9 Å². The molecule has 0 aromatic heterocycles. The first-order valence-corrected chi connectivity index (χ1v) is 6.08. The first kappa shape index (κ1) is 15.6. The van der Waals surface area contributed by atoms with Gasteiger partial charge in [0, 0.05) is 24.5 Å². The number of nitrogens with zero attached hydrogens (tertiary/aromatic N) is 1. The minimum absolute atomic E-state index is 0.0589. The maximum Gasteiger partial charge on any atom is 0.303 e. The van der Waals surface area contributed by atoms with Crippen molar-refractivity contribution in [2.45, 2.75) is 33.1 Å². The number of aliphatic carboxylic acids is 1. The molecule has 0 radical (unpaired) electrons. The average molecular weight is 280 g/mol. The van der Waals surface area contributed by atoms with Gasteiger partial charge in [-0.1, -0.05) is 0 Å².